The maximum Gasteiger partial charge on any atom is 0.243 e. The Balaban J connectivity index is 2.02. The van der Waals surface area contributed by atoms with Gasteiger partial charge in [-0.05, 0) is 33.4 Å². The molecule has 17 heavy (non-hydrogen) atoms. The average molecular weight is 258 g/mol. The standard InChI is InChI=1S/C10H18N4O2S/c1-8-5-9(3-4-14(8)2)13-17(15,16)10-6-11-12-7-10/h6-9,13H,3-5H2,1-2H3,(H,11,12). The van der Waals surface area contributed by atoms with Crippen molar-refractivity contribution in [1.29, 1.82) is 0 Å². The second-order valence-corrected chi connectivity index (χ2v) is 6.32. The van der Waals surface area contributed by atoms with Gasteiger partial charge in [0.25, 0.3) is 0 Å². The van der Waals surface area contributed by atoms with Gasteiger partial charge in [0.15, 0.2) is 0 Å². The summed E-state index contributed by atoms with van der Waals surface area (Å²) in [7, 11) is -1.36. The molecule has 0 bridgehead atoms. The van der Waals surface area contributed by atoms with Crippen LogP contribution < -0.4 is 4.72 Å². The van der Waals surface area contributed by atoms with Crippen molar-refractivity contribution < 1.29 is 8.42 Å². The van der Waals surface area contributed by atoms with Gasteiger partial charge in [0.05, 0.1) is 6.20 Å². The third-order valence-corrected chi connectivity index (χ3v) is 4.80. The highest BCUT2D eigenvalue weighted by molar-refractivity contribution is 7.89. The van der Waals surface area contributed by atoms with Crippen molar-refractivity contribution in [3.05, 3.63) is 12.4 Å². The smallest absolute Gasteiger partial charge is 0.243 e. The van der Waals surface area contributed by atoms with Gasteiger partial charge in [-0.15, -0.1) is 0 Å². The third kappa shape index (κ3) is 2.85. The van der Waals surface area contributed by atoms with Crippen LogP contribution in [0, 0.1) is 0 Å². The van der Waals surface area contributed by atoms with E-state index in [4.69, 9.17) is 0 Å². The summed E-state index contributed by atoms with van der Waals surface area (Å²) < 4.78 is 26.7. The summed E-state index contributed by atoms with van der Waals surface area (Å²) in [6.45, 7) is 3.03. The molecule has 2 rings (SSSR count). The van der Waals surface area contributed by atoms with Crippen LogP contribution in [0.3, 0.4) is 0 Å². The highest BCUT2D eigenvalue weighted by Gasteiger charge is 2.27. The molecule has 1 aromatic heterocycles. The van der Waals surface area contributed by atoms with Crippen molar-refractivity contribution in [3.8, 4) is 0 Å². The first-order valence-corrected chi connectivity index (χ1v) is 7.18. The monoisotopic (exact) mass is 258 g/mol. The summed E-state index contributed by atoms with van der Waals surface area (Å²) >= 11 is 0. The topological polar surface area (TPSA) is 78.1 Å². The molecule has 7 heteroatoms. The normalized spacial score (nSPS) is 27.2. The molecule has 0 radical (unpaired) electrons. The number of rotatable bonds is 3. The van der Waals surface area contributed by atoms with E-state index >= 15 is 0 Å². The molecule has 1 aliphatic rings. The van der Waals surface area contributed by atoms with E-state index in [0.29, 0.717) is 6.04 Å². The van der Waals surface area contributed by atoms with E-state index in [0.717, 1.165) is 19.4 Å². The highest BCUT2D eigenvalue weighted by atomic mass is 32.2. The van der Waals surface area contributed by atoms with E-state index in [1.165, 1.54) is 12.4 Å². The van der Waals surface area contributed by atoms with Crippen LogP contribution in [-0.2, 0) is 10.0 Å². The third-order valence-electron chi connectivity index (χ3n) is 3.31. The number of aromatic nitrogens is 2. The quantitative estimate of drug-likeness (QED) is 0.810. The van der Waals surface area contributed by atoms with E-state index in [1.54, 1.807) is 0 Å². The predicted octanol–water partition coefficient (Wildman–Crippen LogP) is 0.171. The lowest BCUT2D eigenvalue weighted by Gasteiger charge is -2.35. The van der Waals surface area contributed by atoms with Gasteiger partial charge in [0.2, 0.25) is 10.0 Å². The number of aromatic amines is 1. The fraction of sp³-hybridized carbons (Fsp3) is 0.700. The summed E-state index contributed by atoms with van der Waals surface area (Å²) in [4.78, 5) is 2.44. The molecule has 0 spiro atoms. The second kappa shape index (κ2) is 4.75. The number of sulfonamides is 1. The number of piperidine rings is 1. The van der Waals surface area contributed by atoms with Gasteiger partial charge in [0.1, 0.15) is 4.90 Å². The van der Waals surface area contributed by atoms with E-state index in [1.807, 2.05) is 0 Å². The maximum atomic E-state index is 12.0. The predicted molar refractivity (Wildman–Crippen MR) is 64.0 cm³/mol. The van der Waals surface area contributed by atoms with Crippen LogP contribution in [0.15, 0.2) is 17.3 Å². The van der Waals surface area contributed by atoms with Crippen LogP contribution in [0.2, 0.25) is 0 Å². The summed E-state index contributed by atoms with van der Waals surface area (Å²) in [5, 5.41) is 6.17. The van der Waals surface area contributed by atoms with Crippen molar-refractivity contribution in [2.45, 2.75) is 36.7 Å². The Labute approximate surface area is 101 Å². The van der Waals surface area contributed by atoms with Gasteiger partial charge in [0, 0.05) is 18.3 Å². The first kappa shape index (κ1) is 12.5. The molecule has 0 saturated carbocycles. The summed E-state index contributed by atoms with van der Waals surface area (Å²) in [6.07, 6.45) is 4.40. The highest BCUT2D eigenvalue weighted by Crippen LogP contribution is 2.17. The second-order valence-electron chi connectivity index (χ2n) is 4.61. The van der Waals surface area contributed by atoms with Crippen LogP contribution in [0.1, 0.15) is 19.8 Å². The molecule has 2 heterocycles. The van der Waals surface area contributed by atoms with E-state index in [9.17, 15) is 8.42 Å². The van der Waals surface area contributed by atoms with Crippen LogP contribution in [0.5, 0.6) is 0 Å². The molecule has 0 aromatic carbocycles. The zero-order valence-electron chi connectivity index (χ0n) is 10.0. The minimum atomic E-state index is -3.42. The maximum absolute atomic E-state index is 12.0. The van der Waals surface area contributed by atoms with Gasteiger partial charge in [-0.3, -0.25) is 5.10 Å². The average Bonchev–Trinajstić information content (AvgIpc) is 2.77. The molecule has 0 amide bonds. The Morgan fingerprint density at radius 2 is 2.35 bits per heavy atom. The van der Waals surface area contributed by atoms with Crippen molar-refractivity contribution in [3.63, 3.8) is 0 Å². The number of nitrogens with one attached hydrogen (secondary N) is 2. The lowest BCUT2D eigenvalue weighted by Crippen LogP contribution is -2.47. The molecule has 96 valence electrons. The van der Waals surface area contributed by atoms with Crippen molar-refractivity contribution >= 4 is 10.0 Å². The Hall–Kier alpha value is -0.920. The number of H-pyrrole nitrogens is 1. The van der Waals surface area contributed by atoms with Gasteiger partial charge in [-0.2, -0.15) is 5.10 Å². The molecule has 2 atom stereocenters. The summed E-state index contributed by atoms with van der Waals surface area (Å²) in [6, 6.07) is 0.418. The first-order chi connectivity index (χ1) is 7.99. The minimum absolute atomic E-state index is 0.0149. The Morgan fingerprint density at radius 3 is 2.94 bits per heavy atom. The summed E-state index contributed by atoms with van der Waals surface area (Å²) in [5.74, 6) is 0. The fourth-order valence-corrected chi connectivity index (χ4v) is 3.26. The van der Waals surface area contributed by atoms with Crippen LogP contribution in [0.25, 0.3) is 0 Å². The summed E-state index contributed by atoms with van der Waals surface area (Å²) in [5.41, 5.74) is 0. The molecular weight excluding hydrogens is 240 g/mol. The van der Waals surface area contributed by atoms with E-state index < -0.39 is 10.0 Å². The number of likely N-dealkylation sites (tertiary alicyclic amines) is 1. The lowest BCUT2D eigenvalue weighted by atomic mass is 10.0. The largest absolute Gasteiger partial charge is 0.304 e. The Morgan fingerprint density at radius 1 is 1.59 bits per heavy atom. The fourth-order valence-electron chi connectivity index (χ4n) is 2.07. The molecule has 6 nitrogen and oxygen atoms in total. The van der Waals surface area contributed by atoms with Gasteiger partial charge in [-0.1, -0.05) is 0 Å². The molecular formula is C10H18N4O2S. The minimum Gasteiger partial charge on any atom is -0.304 e. The zero-order chi connectivity index (χ0) is 12.5. The van der Waals surface area contributed by atoms with E-state index in [2.05, 4.69) is 33.8 Å². The van der Waals surface area contributed by atoms with E-state index in [-0.39, 0.29) is 10.9 Å². The molecule has 2 N–H and O–H groups in total. The lowest BCUT2D eigenvalue weighted by molar-refractivity contribution is 0.178. The number of hydrogen-bond donors (Lipinski definition) is 2. The van der Waals surface area contributed by atoms with Crippen LogP contribution in [-0.4, -0.2) is 49.2 Å². The SMILES string of the molecule is CC1CC(NS(=O)(=O)c2cn[nH]c2)CCN1C. The number of nitrogens with zero attached hydrogens (tertiary/aromatic N) is 2. The van der Waals surface area contributed by atoms with Crippen molar-refractivity contribution in [2.24, 2.45) is 0 Å². The molecule has 1 aromatic rings. The Kier molecular flexibility index (Phi) is 3.50. The van der Waals surface area contributed by atoms with Crippen LogP contribution in [0.4, 0.5) is 0 Å². The van der Waals surface area contributed by atoms with Crippen LogP contribution >= 0.6 is 0 Å². The van der Waals surface area contributed by atoms with Gasteiger partial charge < -0.3 is 4.90 Å². The van der Waals surface area contributed by atoms with Gasteiger partial charge >= 0.3 is 0 Å². The molecule has 2 unspecified atom stereocenters. The molecule has 1 aliphatic heterocycles. The van der Waals surface area contributed by atoms with Gasteiger partial charge in [-0.25, -0.2) is 13.1 Å². The molecule has 0 aliphatic carbocycles. The van der Waals surface area contributed by atoms with Crippen molar-refractivity contribution in [2.75, 3.05) is 13.6 Å². The first-order valence-electron chi connectivity index (χ1n) is 5.70. The molecule has 1 fully saturated rings. The number of hydrogen-bond acceptors (Lipinski definition) is 4. The molecule has 1 saturated heterocycles. The van der Waals surface area contributed by atoms with Crippen molar-refractivity contribution in [1.82, 2.24) is 19.8 Å². The Bertz CT molecular complexity index is 457. The zero-order valence-corrected chi connectivity index (χ0v) is 10.9.